The lowest BCUT2D eigenvalue weighted by Crippen LogP contribution is -2.43. The standard InChI is InChI=1S/C24H27NO3/c1-6-20-18(22(26)27)12-11-17(25-20)10-8-16-9-13-21-19(14-16)23(3,4)15-24(5,7-2)28-21/h9,11-14H,6-7,15H2,1-5H3,(H,26,27). The Labute approximate surface area is 167 Å². The zero-order valence-corrected chi connectivity index (χ0v) is 17.2. The van der Waals surface area contributed by atoms with Crippen molar-refractivity contribution in [3.05, 3.63) is 58.4 Å². The van der Waals surface area contributed by atoms with Crippen molar-refractivity contribution in [3.8, 4) is 17.6 Å². The number of hydrogen-bond donors (Lipinski definition) is 1. The zero-order valence-electron chi connectivity index (χ0n) is 17.2. The third-order valence-corrected chi connectivity index (χ3v) is 5.50. The molecular formula is C24H27NO3. The highest BCUT2D eigenvalue weighted by Crippen LogP contribution is 2.46. The van der Waals surface area contributed by atoms with Crippen molar-refractivity contribution in [2.45, 2.75) is 64.9 Å². The molecule has 1 aliphatic heterocycles. The second-order valence-electron chi connectivity index (χ2n) is 8.28. The van der Waals surface area contributed by atoms with E-state index >= 15 is 0 Å². The van der Waals surface area contributed by atoms with Crippen molar-refractivity contribution in [1.29, 1.82) is 0 Å². The van der Waals surface area contributed by atoms with Gasteiger partial charge in [-0.15, -0.1) is 0 Å². The summed E-state index contributed by atoms with van der Waals surface area (Å²) in [4.78, 5) is 15.6. The van der Waals surface area contributed by atoms with Crippen molar-refractivity contribution < 1.29 is 14.6 Å². The summed E-state index contributed by atoms with van der Waals surface area (Å²) in [6, 6.07) is 9.31. The second kappa shape index (κ2) is 7.31. The minimum Gasteiger partial charge on any atom is -0.487 e. The maximum atomic E-state index is 11.2. The van der Waals surface area contributed by atoms with Crippen molar-refractivity contribution in [2.75, 3.05) is 0 Å². The molecule has 4 nitrogen and oxygen atoms in total. The molecule has 1 N–H and O–H groups in total. The van der Waals surface area contributed by atoms with Crippen LogP contribution in [0.15, 0.2) is 30.3 Å². The molecule has 2 aromatic rings. The summed E-state index contributed by atoms with van der Waals surface area (Å²) in [5.41, 5.74) is 3.31. The summed E-state index contributed by atoms with van der Waals surface area (Å²) in [5.74, 6) is 6.21. The lowest BCUT2D eigenvalue weighted by molar-refractivity contribution is 0.0324. The Bertz CT molecular complexity index is 981. The molecule has 0 bridgehead atoms. The summed E-state index contributed by atoms with van der Waals surface area (Å²) in [6.45, 7) is 10.7. The molecule has 0 aliphatic carbocycles. The van der Waals surface area contributed by atoms with Crippen LogP contribution in [0.3, 0.4) is 0 Å². The number of rotatable bonds is 3. The van der Waals surface area contributed by atoms with Crippen LogP contribution >= 0.6 is 0 Å². The van der Waals surface area contributed by atoms with Gasteiger partial charge in [0.05, 0.1) is 11.3 Å². The van der Waals surface area contributed by atoms with Crippen LogP contribution in [0.5, 0.6) is 5.75 Å². The third kappa shape index (κ3) is 3.89. The van der Waals surface area contributed by atoms with Gasteiger partial charge in [0.25, 0.3) is 0 Å². The SMILES string of the molecule is CCc1nc(C#Cc2ccc3c(c2)C(C)(C)CC(C)(CC)O3)ccc1C(=O)O. The highest BCUT2D eigenvalue weighted by atomic mass is 16.5. The average Bonchev–Trinajstić information content (AvgIpc) is 2.65. The van der Waals surface area contributed by atoms with Gasteiger partial charge in [0.1, 0.15) is 17.0 Å². The van der Waals surface area contributed by atoms with Gasteiger partial charge in [-0.1, -0.05) is 33.6 Å². The molecule has 0 amide bonds. The predicted molar refractivity (Wildman–Crippen MR) is 110 cm³/mol. The van der Waals surface area contributed by atoms with Crippen LogP contribution in [0.4, 0.5) is 0 Å². The van der Waals surface area contributed by atoms with E-state index in [1.54, 1.807) is 12.1 Å². The summed E-state index contributed by atoms with van der Waals surface area (Å²) < 4.78 is 6.27. The van der Waals surface area contributed by atoms with Crippen LogP contribution in [0.2, 0.25) is 0 Å². The molecule has 3 rings (SSSR count). The van der Waals surface area contributed by atoms with E-state index < -0.39 is 5.97 Å². The molecule has 1 unspecified atom stereocenters. The van der Waals surface area contributed by atoms with E-state index in [9.17, 15) is 9.90 Å². The number of pyridine rings is 1. The van der Waals surface area contributed by atoms with Gasteiger partial charge < -0.3 is 9.84 Å². The minimum atomic E-state index is -0.958. The largest absolute Gasteiger partial charge is 0.487 e. The smallest absolute Gasteiger partial charge is 0.337 e. The summed E-state index contributed by atoms with van der Waals surface area (Å²) in [7, 11) is 0. The first-order chi connectivity index (χ1) is 13.2. The molecule has 2 heterocycles. The number of carbonyl (C=O) groups is 1. The summed E-state index contributed by atoms with van der Waals surface area (Å²) in [6.07, 6.45) is 2.48. The quantitative estimate of drug-likeness (QED) is 0.767. The van der Waals surface area contributed by atoms with Gasteiger partial charge in [0.2, 0.25) is 0 Å². The molecule has 4 heteroatoms. The molecule has 0 radical (unpaired) electrons. The van der Waals surface area contributed by atoms with Crippen LogP contribution in [-0.2, 0) is 11.8 Å². The Morgan fingerprint density at radius 1 is 1.18 bits per heavy atom. The van der Waals surface area contributed by atoms with Crippen LogP contribution in [0.1, 0.15) is 80.3 Å². The number of aryl methyl sites for hydroxylation is 1. The Balaban J connectivity index is 1.94. The van der Waals surface area contributed by atoms with Gasteiger partial charge >= 0.3 is 5.97 Å². The fraction of sp³-hybridized carbons (Fsp3) is 0.417. The fourth-order valence-electron chi connectivity index (χ4n) is 3.93. The molecule has 0 saturated heterocycles. The molecule has 146 valence electrons. The van der Waals surface area contributed by atoms with Crippen molar-refractivity contribution in [2.24, 2.45) is 0 Å². The molecule has 1 aliphatic rings. The predicted octanol–water partition coefficient (Wildman–Crippen LogP) is 4.97. The molecule has 1 atom stereocenters. The van der Waals surface area contributed by atoms with Crippen molar-refractivity contribution >= 4 is 5.97 Å². The first-order valence-electron chi connectivity index (χ1n) is 9.76. The number of fused-ring (bicyclic) bond motifs is 1. The first kappa shape index (κ1) is 19.9. The first-order valence-corrected chi connectivity index (χ1v) is 9.76. The maximum absolute atomic E-state index is 11.2. The van der Waals surface area contributed by atoms with E-state index in [4.69, 9.17) is 4.74 Å². The van der Waals surface area contributed by atoms with E-state index in [0.29, 0.717) is 17.8 Å². The number of carboxylic acid groups (broad SMARTS) is 1. The van der Waals surface area contributed by atoms with Crippen molar-refractivity contribution in [1.82, 2.24) is 4.98 Å². The number of benzene rings is 1. The van der Waals surface area contributed by atoms with E-state index in [1.807, 2.05) is 19.1 Å². The Morgan fingerprint density at radius 3 is 2.57 bits per heavy atom. The van der Waals surface area contributed by atoms with Gasteiger partial charge in [-0.05, 0) is 67.9 Å². The number of carboxylic acids is 1. The maximum Gasteiger partial charge on any atom is 0.337 e. The number of aromatic carboxylic acids is 1. The minimum absolute atomic E-state index is 0.00675. The van der Waals surface area contributed by atoms with Gasteiger partial charge in [-0.25, -0.2) is 9.78 Å². The molecular weight excluding hydrogens is 350 g/mol. The molecule has 0 fully saturated rings. The van der Waals surface area contributed by atoms with E-state index in [0.717, 1.165) is 24.2 Å². The Hall–Kier alpha value is -2.80. The van der Waals surface area contributed by atoms with Gasteiger partial charge in [0.15, 0.2) is 0 Å². The number of ether oxygens (including phenoxy) is 1. The van der Waals surface area contributed by atoms with E-state index in [-0.39, 0.29) is 16.6 Å². The van der Waals surface area contributed by atoms with Gasteiger partial charge in [0, 0.05) is 11.1 Å². The van der Waals surface area contributed by atoms with Crippen LogP contribution in [0.25, 0.3) is 0 Å². The monoisotopic (exact) mass is 377 g/mol. The molecule has 1 aromatic carbocycles. The van der Waals surface area contributed by atoms with Crippen molar-refractivity contribution in [3.63, 3.8) is 0 Å². The van der Waals surface area contributed by atoms with Gasteiger partial charge in [-0.3, -0.25) is 0 Å². The number of hydrogen-bond acceptors (Lipinski definition) is 3. The third-order valence-electron chi connectivity index (χ3n) is 5.50. The fourth-order valence-corrected chi connectivity index (χ4v) is 3.93. The molecule has 0 spiro atoms. The highest BCUT2D eigenvalue weighted by Gasteiger charge is 2.40. The highest BCUT2D eigenvalue weighted by molar-refractivity contribution is 5.88. The normalized spacial score (nSPS) is 19.8. The number of nitrogens with zero attached hydrogens (tertiary/aromatic N) is 1. The van der Waals surface area contributed by atoms with Crippen LogP contribution < -0.4 is 4.74 Å². The summed E-state index contributed by atoms with van der Waals surface area (Å²) >= 11 is 0. The zero-order chi connectivity index (χ0) is 20.5. The van der Waals surface area contributed by atoms with E-state index in [1.165, 1.54) is 5.56 Å². The number of aromatic nitrogens is 1. The topological polar surface area (TPSA) is 59.4 Å². The lowest BCUT2D eigenvalue weighted by Gasteiger charge is -2.44. The summed E-state index contributed by atoms with van der Waals surface area (Å²) in [5, 5.41) is 9.22. The second-order valence-corrected chi connectivity index (χ2v) is 8.28. The molecule has 0 saturated carbocycles. The van der Waals surface area contributed by atoms with Crippen LogP contribution in [-0.4, -0.2) is 21.7 Å². The Kier molecular flexibility index (Phi) is 5.21. The van der Waals surface area contributed by atoms with Gasteiger partial charge in [-0.2, -0.15) is 0 Å². The van der Waals surface area contributed by atoms with E-state index in [2.05, 4.69) is 50.6 Å². The van der Waals surface area contributed by atoms with Crippen LogP contribution in [0, 0.1) is 11.8 Å². The lowest BCUT2D eigenvalue weighted by atomic mass is 9.72. The molecule has 1 aromatic heterocycles. The molecule has 28 heavy (non-hydrogen) atoms. The average molecular weight is 377 g/mol. The Morgan fingerprint density at radius 2 is 1.93 bits per heavy atom.